The van der Waals surface area contributed by atoms with E-state index in [1.165, 1.54) is 11.1 Å². The topological polar surface area (TPSA) is 21.3 Å². The van der Waals surface area contributed by atoms with Crippen LogP contribution in [0.15, 0.2) is 53.0 Å². The first-order valence-corrected chi connectivity index (χ1v) is 7.58. The SMILES string of the molecule is COc1ccc(Br)cc1CNC(C)Cc1ccccc1. The smallest absolute Gasteiger partial charge is 0.123 e. The normalized spacial score (nSPS) is 12.2. The number of methoxy groups -OCH3 is 1. The van der Waals surface area contributed by atoms with Crippen molar-refractivity contribution in [3.8, 4) is 5.75 Å². The van der Waals surface area contributed by atoms with E-state index in [1.807, 2.05) is 18.2 Å². The predicted octanol–water partition coefficient (Wildman–Crippen LogP) is 4.18. The van der Waals surface area contributed by atoms with Crippen LogP contribution in [0.2, 0.25) is 0 Å². The Labute approximate surface area is 129 Å². The zero-order chi connectivity index (χ0) is 14.4. The molecule has 1 atom stereocenters. The van der Waals surface area contributed by atoms with Crippen LogP contribution in [0.25, 0.3) is 0 Å². The zero-order valence-electron chi connectivity index (χ0n) is 11.9. The van der Waals surface area contributed by atoms with Crippen LogP contribution in [-0.4, -0.2) is 13.2 Å². The van der Waals surface area contributed by atoms with Crippen LogP contribution >= 0.6 is 15.9 Å². The molecule has 0 aliphatic carbocycles. The van der Waals surface area contributed by atoms with Crippen molar-refractivity contribution in [1.29, 1.82) is 0 Å². The Bertz CT molecular complexity index is 542. The Balaban J connectivity index is 1.93. The van der Waals surface area contributed by atoms with E-state index >= 15 is 0 Å². The molecule has 0 aliphatic rings. The van der Waals surface area contributed by atoms with Crippen LogP contribution in [0.4, 0.5) is 0 Å². The number of rotatable bonds is 6. The van der Waals surface area contributed by atoms with E-state index in [2.05, 4.69) is 58.5 Å². The van der Waals surface area contributed by atoms with Crippen molar-refractivity contribution in [3.63, 3.8) is 0 Å². The molecule has 3 heteroatoms. The fraction of sp³-hybridized carbons (Fsp3) is 0.294. The van der Waals surface area contributed by atoms with Gasteiger partial charge in [-0.2, -0.15) is 0 Å². The Hall–Kier alpha value is -1.32. The lowest BCUT2D eigenvalue weighted by Gasteiger charge is -2.16. The van der Waals surface area contributed by atoms with E-state index in [1.54, 1.807) is 7.11 Å². The molecule has 20 heavy (non-hydrogen) atoms. The van der Waals surface area contributed by atoms with Gasteiger partial charge in [0.2, 0.25) is 0 Å². The highest BCUT2D eigenvalue weighted by Gasteiger charge is 2.07. The quantitative estimate of drug-likeness (QED) is 0.856. The number of ether oxygens (including phenoxy) is 1. The van der Waals surface area contributed by atoms with Crippen molar-refractivity contribution in [1.82, 2.24) is 5.32 Å². The van der Waals surface area contributed by atoms with Crippen molar-refractivity contribution in [2.75, 3.05) is 7.11 Å². The van der Waals surface area contributed by atoms with Crippen molar-refractivity contribution in [2.45, 2.75) is 25.9 Å². The molecule has 2 rings (SSSR count). The first-order chi connectivity index (χ1) is 9.69. The number of halogens is 1. The minimum Gasteiger partial charge on any atom is -0.496 e. The van der Waals surface area contributed by atoms with Gasteiger partial charge in [-0.15, -0.1) is 0 Å². The summed E-state index contributed by atoms with van der Waals surface area (Å²) in [5, 5.41) is 3.55. The van der Waals surface area contributed by atoms with E-state index in [9.17, 15) is 0 Å². The van der Waals surface area contributed by atoms with Gasteiger partial charge in [0.05, 0.1) is 7.11 Å². The molecule has 1 unspecified atom stereocenters. The third-order valence-electron chi connectivity index (χ3n) is 3.27. The Kier molecular flexibility index (Phi) is 5.62. The van der Waals surface area contributed by atoms with Gasteiger partial charge in [-0.25, -0.2) is 0 Å². The lowest BCUT2D eigenvalue weighted by atomic mass is 10.1. The van der Waals surface area contributed by atoms with Crippen molar-refractivity contribution in [3.05, 3.63) is 64.1 Å². The molecule has 0 saturated carbocycles. The van der Waals surface area contributed by atoms with Crippen LogP contribution in [0.5, 0.6) is 5.75 Å². The average Bonchev–Trinajstić information content (AvgIpc) is 2.46. The molecule has 106 valence electrons. The van der Waals surface area contributed by atoms with E-state index in [-0.39, 0.29) is 0 Å². The second-order valence-corrected chi connectivity index (χ2v) is 5.84. The van der Waals surface area contributed by atoms with Gasteiger partial charge in [-0.1, -0.05) is 46.3 Å². The standard InChI is InChI=1S/C17H20BrNO/c1-13(10-14-6-4-3-5-7-14)19-12-15-11-16(18)8-9-17(15)20-2/h3-9,11,13,19H,10,12H2,1-2H3. The van der Waals surface area contributed by atoms with Crippen LogP contribution in [0.1, 0.15) is 18.1 Å². The minimum atomic E-state index is 0.418. The van der Waals surface area contributed by atoms with Crippen LogP contribution < -0.4 is 10.1 Å². The Morgan fingerprint density at radius 2 is 1.90 bits per heavy atom. The maximum atomic E-state index is 5.39. The maximum Gasteiger partial charge on any atom is 0.123 e. The molecule has 0 spiro atoms. The molecule has 0 fully saturated rings. The minimum absolute atomic E-state index is 0.418. The second-order valence-electron chi connectivity index (χ2n) is 4.93. The molecule has 0 bridgehead atoms. The van der Waals surface area contributed by atoms with Crippen molar-refractivity contribution < 1.29 is 4.74 Å². The van der Waals surface area contributed by atoms with Gasteiger partial charge in [-0.3, -0.25) is 0 Å². The maximum absolute atomic E-state index is 5.39. The summed E-state index contributed by atoms with van der Waals surface area (Å²) in [7, 11) is 1.71. The summed E-state index contributed by atoms with van der Waals surface area (Å²) in [6.45, 7) is 3.01. The molecule has 2 nitrogen and oxygen atoms in total. The first-order valence-electron chi connectivity index (χ1n) is 6.79. The number of hydrogen-bond donors (Lipinski definition) is 1. The van der Waals surface area contributed by atoms with Gasteiger partial charge < -0.3 is 10.1 Å². The summed E-state index contributed by atoms with van der Waals surface area (Å²) in [5.41, 5.74) is 2.52. The summed E-state index contributed by atoms with van der Waals surface area (Å²) < 4.78 is 6.46. The van der Waals surface area contributed by atoms with Crippen LogP contribution in [-0.2, 0) is 13.0 Å². The van der Waals surface area contributed by atoms with Crippen LogP contribution in [0.3, 0.4) is 0 Å². The summed E-state index contributed by atoms with van der Waals surface area (Å²) in [6, 6.07) is 17.0. The van der Waals surface area contributed by atoms with Gasteiger partial charge in [0.15, 0.2) is 0 Å². The monoisotopic (exact) mass is 333 g/mol. The summed E-state index contributed by atoms with van der Waals surface area (Å²) in [6.07, 6.45) is 1.02. The van der Waals surface area contributed by atoms with Crippen LogP contribution in [0, 0.1) is 0 Å². The highest BCUT2D eigenvalue weighted by Crippen LogP contribution is 2.22. The average molecular weight is 334 g/mol. The first kappa shape index (κ1) is 15.1. The third kappa shape index (κ3) is 4.36. The predicted molar refractivity (Wildman–Crippen MR) is 87.1 cm³/mol. The molecule has 1 N–H and O–H groups in total. The van der Waals surface area contributed by atoms with Gasteiger partial charge in [-0.05, 0) is 37.1 Å². The molecule has 0 aliphatic heterocycles. The number of benzene rings is 2. The molecule has 0 amide bonds. The fourth-order valence-electron chi connectivity index (χ4n) is 2.21. The lowest BCUT2D eigenvalue weighted by molar-refractivity contribution is 0.405. The number of nitrogens with one attached hydrogen (secondary N) is 1. The van der Waals surface area contributed by atoms with E-state index in [4.69, 9.17) is 4.74 Å². The van der Waals surface area contributed by atoms with E-state index < -0.39 is 0 Å². The summed E-state index contributed by atoms with van der Waals surface area (Å²) >= 11 is 3.50. The Morgan fingerprint density at radius 1 is 1.15 bits per heavy atom. The summed E-state index contributed by atoms with van der Waals surface area (Å²) in [4.78, 5) is 0. The molecule has 0 aromatic heterocycles. The van der Waals surface area contributed by atoms with Gasteiger partial charge in [0.1, 0.15) is 5.75 Å². The second kappa shape index (κ2) is 7.46. The molecule has 2 aromatic rings. The highest BCUT2D eigenvalue weighted by molar-refractivity contribution is 9.10. The zero-order valence-corrected chi connectivity index (χ0v) is 13.5. The highest BCUT2D eigenvalue weighted by atomic mass is 79.9. The van der Waals surface area contributed by atoms with Crippen molar-refractivity contribution >= 4 is 15.9 Å². The van der Waals surface area contributed by atoms with E-state index in [0.717, 1.165) is 23.2 Å². The van der Waals surface area contributed by atoms with Gasteiger partial charge in [0, 0.05) is 22.6 Å². The molecule has 0 saturated heterocycles. The molecule has 0 radical (unpaired) electrons. The Morgan fingerprint density at radius 3 is 2.60 bits per heavy atom. The van der Waals surface area contributed by atoms with Crippen molar-refractivity contribution in [2.24, 2.45) is 0 Å². The van der Waals surface area contributed by atoms with Gasteiger partial charge in [0.25, 0.3) is 0 Å². The molecule has 0 heterocycles. The fourth-order valence-corrected chi connectivity index (χ4v) is 2.62. The van der Waals surface area contributed by atoms with Gasteiger partial charge >= 0.3 is 0 Å². The molecule has 2 aromatic carbocycles. The third-order valence-corrected chi connectivity index (χ3v) is 3.76. The number of hydrogen-bond acceptors (Lipinski definition) is 2. The molecular weight excluding hydrogens is 314 g/mol. The lowest BCUT2D eigenvalue weighted by Crippen LogP contribution is -2.27. The summed E-state index contributed by atoms with van der Waals surface area (Å²) in [5.74, 6) is 0.924. The largest absolute Gasteiger partial charge is 0.496 e. The molecular formula is C17H20BrNO. The van der Waals surface area contributed by atoms with E-state index in [0.29, 0.717) is 6.04 Å².